The Balaban J connectivity index is 1.62. The molecule has 0 aliphatic carbocycles. The molecule has 0 saturated carbocycles. The van der Waals surface area contributed by atoms with Crippen molar-refractivity contribution in [3.05, 3.63) is 34.3 Å². The molecular weight excluding hydrogens is 346 g/mol. The first-order chi connectivity index (χ1) is 13.0. The Bertz CT molecular complexity index is 883. The Hall–Kier alpha value is -2.57. The molecule has 1 saturated heterocycles. The van der Waals surface area contributed by atoms with Gasteiger partial charge in [-0.2, -0.15) is 0 Å². The van der Waals surface area contributed by atoms with E-state index in [4.69, 9.17) is 4.42 Å². The van der Waals surface area contributed by atoms with E-state index in [0.717, 1.165) is 31.4 Å². The lowest BCUT2D eigenvalue weighted by Crippen LogP contribution is -2.37. The van der Waals surface area contributed by atoms with Gasteiger partial charge in [-0.15, -0.1) is 0 Å². The Morgan fingerprint density at radius 2 is 1.78 bits per heavy atom. The van der Waals surface area contributed by atoms with Crippen molar-refractivity contribution in [2.45, 2.75) is 39.0 Å². The molecule has 0 radical (unpaired) electrons. The number of amides is 2. The molecule has 1 aliphatic heterocycles. The number of nitrogens with zero attached hydrogens (tertiary/aromatic N) is 3. The number of aromatic nitrogens is 1. The van der Waals surface area contributed by atoms with Crippen molar-refractivity contribution in [2.75, 3.05) is 26.2 Å². The second kappa shape index (κ2) is 8.41. The Morgan fingerprint density at radius 1 is 1.07 bits per heavy atom. The third-order valence-corrected chi connectivity index (χ3v) is 5.16. The van der Waals surface area contributed by atoms with Crippen LogP contribution in [0.1, 0.15) is 38.2 Å². The van der Waals surface area contributed by atoms with E-state index >= 15 is 0 Å². The average Bonchev–Trinajstić information content (AvgIpc) is 2.83. The van der Waals surface area contributed by atoms with E-state index in [1.54, 1.807) is 13.1 Å². The van der Waals surface area contributed by atoms with Gasteiger partial charge in [-0.1, -0.05) is 19.4 Å². The van der Waals surface area contributed by atoms with E-state index in [9.17, 15) is 14.4 Å². The van der Waals surface area contributed by atoms with Crippen molar-refractivity contribution >= 4 is 22.9 Å². The quantitative estimate of drug-likeness (QED) is 0.802. The summed E-state index contributed by atoms with van der Waals surface area (Å²) >= 11 is 0. The zero-order valence-corrected chi connectivity index (χ0v) is 16.1. The zero-order chi connectivity index (χ0) is 19.4. The lowest BCUT2D eigenvalue weighted by Gasteiger charge is -2.22. The predicted octanol–water partition coefficient (Wildman–Crippen LogP) is 1.93. The van der Waals surface area contributed by atoms with Gasteiger partial charge >= 0.3 is 5.76 Å². The standard InChI is InChI=1S/C20H27N3O4/c1-3-4-6-18(24)22-9-5-10-23(12-11-22)19(25)14-15-7-8-17-16(13-15)21(2)20(26)27-17/h7-8,13H,3-6,9-12,14H2,1-2H3. The highest BCUT2D eigenvalue weighted by Gasteiger charge is 2.22. The first-order valence-electron chi connectivity index (χ1n) is 9.63. The van der Waals surface area contributed by atoms with Gasteiger partial charge in [0.2, 0.25) is 11.8 Å². The van der Waals surface area contributed by atoms with E-state index in [1.165, 1.54) is 4.57 Å². The van der Waals surface area contributed by atoms with Gasteiger partial charge in [0.05, 0.1) is 11.9 Å². The number of oxazole rings is 1. The van der Waals surface area contributed by atoms with Crippen LogP contribution in [0.5, 0.6) is 0 Å². The number of carbonyl (C=O) groups excluding carboxylic acids is 2. The van der Waals surface area contributed by atoms with Gasteiger partial charge in [-0.3, -0.25) is 14.2 Å². The first-order valence-corrected chi connectivity index (χ1v) is 9.63. The van der Waals surface area contributed by atoms with Gasteiger partial charge in [0.25, 0.3) is 0 Å². The molecule has 0 atom stereocenters. The molecule has 1 fully saturated rings. The fraction of sp³-hybridized carbons (Fsp3) is 0.550. The highest BCUT2D eigenvalue weighted by atomic mass is 16.4. The fourth-order valence-corrected chi connectivity index (χ4v) is 3.47. The van der Waals surface area contributed by atoms with E-state index in [2.05, 4.69) is 6.92 Å². The summed E-state index contributed by atoms with van der Waals surface area (Å²) in [6.07, 6.45) is 3.60. The maximum absolute atomic E-state index is 12.7. The Labute approximate surface area is 158 Å². The molecule has 1 aromatic heterocycles. The van der Waals surface area contributed by atoms with Gasteiger partial charge in [-0.05, 0) is 30.5 Å². The number of carbonyl (C=O) groups is 2. The molecule has 1 aliphatic rings. The molecule has 3 rings (SSSR count). The molecule has 2 amide bonds. The van der Waals surface area contributed by atoms with Crippen LogP contribution in [-0.4, -0.2) is 52.4 Å². The second-order valence-electron chi connectivity index (χ2n) is 7.12. The van der Waals surface area contributed by atoms with Gasteiger partial charge < -0.3 is 14.2 Å². The smallest absolute Gasteiger partial charge is 0.408 e. The number of unbranched alkanes of at least 4 members (excludes halogenated alkanes) is 1. The number of hydrogen-bond acceptors (Lipinski definition) is 4. The molecule has 0 spiro atoms. The molecular formula is C20H27N3O4. The van der Waals surface area contributed by atoms with Crippen LogP contribution in [0.2, 0.25) is 0 Å². The summed E-state index contributed by atoms with van der Waals surface area (Å²) in [5.41, 5.74) is 2.06. The minimum atomic E-state index is -0.408. The summed E-state index contributed by atoms with van der Waals surface area (Å²) in [4.78, 5) is 40.3. The minimum absolute atomic E-state index is 0.0469. The highest BCUT2D eigenvalue weighted by molar-refractivity contribution is 5.81. The summed E-state index contributed by atoms with van der Waals surface area (Å²) < 4.78 is 6.57. The van der Waals surface area contributed by atoms with Gasteiger partial charge in [-0.25, -0.2) is 4.79 Å². The van der Waals surface area contributed by atoms with Crippen LogP contribution in [0.25, 0.3) is 11.1 Å². The molecule has 0 bridgehead atoms. The van der Waals surface area contributed by atoms with Crippen LogP contribution in [0, 0.1) is 0 Å². The SMILES string of the molecule is CCCCC(=O)N1CCCN(C(=O)Cc2ccc3oc(=O)n(C)c3c2)CC1. The van der Waals surface area contributed by atoms with Crippen LogP contribution in [0.3, 0.4) is 0 Å². The molecule has 7 heteroatoms. The number of fused-ring (bicyclic) bond motifs is 1. The third kappa shape index (κ3) is 4.40. The van der Waals surface area contributed by atoms with Crippen molar-refractivity contribution in [2.24, 2.45) is 7.05 Å². The van der Waals surface area contributed by atoms with Crippen molar-refractivity contribution in [1.82, 2.24) is 14.4 Å². The number of rotatable bonds is 5. The Kier molecular flexibility index (Phi) is 5.98. The topological polar surface area (TPSA) is 75.8 Å². The van der Waals surface area contributed by atoms with Crippen LogP contribution >= 0.6 is 0 Å². The van der Waals surface area contributed by atoms with E-state index in [0.29, 0.717) is 37.2 Å². The number of benzene rings is 1. The van der Waals surface area contributed by atoms with Gasteiger partial charge in [0, 0.05) is 39.6 Å². The predicted molar refractivity (Wildman–Crippen MR) is 102 cm³/mol. The van der Waals surface area contributed by atoms with Crippen molar-refractivity contribution < 1.29 is 14.0 Å². The van der Waals surface area contributed by atoms with E-state index in [-0.39, 0.29) is 18.2 Å². The largest absolute Gasteiger partial charge is 0.419 e. The first kappa shape index (κ1) is 19.2. The molecule has 146 valence electrons. The van der Waals surface area contributed by atoms with Crippen LogP contribution in [-0.2, 0) is 23.1 Å². The molecule has 2 aromatic rings. The second-order valence-corrected chi connectivity index (χ2v) is 7.12. The summed E-state index contributed by atoms with van der Waals surface area (Å²) in [5, 5.41) is 0. The minimum Gasteiger partial charge on any atom is -0.408 e. The van der Waals surface area contributed by atoms with Crippen LogP contribution < -0.4 is 5.76 Å². The molecule has 7 nitrogen and oxygen atoms in total. The molecule has 0 N–H and O–H groups in total. The normalized spacial score (nSPS) is 15.2. The maximum Gasteiger partial charge on any atom is 0.419 e. The average molecular weight is 373 g/mol. The fourth-order valence-electron chi connectivity index (χ4n) is 3.47. The lowest BCUT2D eigenvalue weighted by molar-refractivity contribution is -0.133. The molecule has 2 heterocycles. The molecule has 1 aromatic carbocycles. The lowest BCUT2D eigenvalue weighted by atomic mass is 10.1. The van der Waals surface area contributed by atoms with E-state index < -0.39 is 5.76 Å². The number of hydrogen-bond donors (Lipinski definition) is 0. The van der Waals surface area contributed by atoms with Crippen molar-refractivity contribution in [3.8, 4) is 0 Å². The zero-order valence-electron chi connectivity index (χ0n) is 16.1. The van der Waals surface area contributed by atoms with Crippen molar-refractivity contribution in [1.29, 1.82) is 0 Å². The summed E-state index contributed by atoms with van der Waals surface area (Å²) in [6, 6.07) is 5.38. The summed E-state index contributed by atoms with van der Waals surface area (Å²) in [6.45, 7) is 4.64. The molecule has 27 heavy (non-hydrogen) atoms. The maximum atomic E-state index is 12.7. The number of aryl methyl sites for hydroxylation is 1. The van der Waals surface area contributed by atoms with Crippen LogP contribution in [0.15, 0.2) is 27.4 Å². The van der Waals surface area contributed by atoms with Crippen molar-refractivity contribution in [3.63, 3.8) is 0 Å². The Morgan fingerprint density at radius 3 is 2.48 bits per heavy atom. The van der Waals surface area contributed by atoms with E-state index in [1.807, 2.05) is 21.9 Å². The van der Waals surface area contributed by atoms with Crippen LogP contribution in [0.4, 0.5) is 0 Å². The monoisotopic (exact) mass is 373 g/mol. The highest BCUT2D eigenvalue weighted by Crippen LogP contribution is 2.16. The third-order valence-electron chi connectivity index (χ3n) is 5.16. The summed E-state index contributed by atoms with van der Waals surface area (Å²) in [5.74, 6) is -0.169. The van der Waals surface area contributed by atoms with Gasteiger partial charge in [0.15, 0.2) is 5.58 Å². The van der Waals surface area contributed by atoms with Gasteiger partial charge in [0.1, 0.15) is 0 Å². The molecule has 0 unspecified atom stereocenters. The summed E-state index contributed by atoms with van der Waals surface area (Å²) in [7, 11) is 1.65.